The Labute approximate surface area is 162 Å². The standard InChI is InChI=1S/C21H28N2O3S/c1-16-5-7-20(14-17(16)2)27(24,25)23-11-9-22(10-12-23)15-19-6-8-21(26-4)18(3)13-19/h5-8,13-14H,9-12,15H2,1-4H3. The summed E-state index contributed by atoms with van der Waals surface area (Å²) in [6.07, 6.45) is 0. The summed E-state index contributed by atoms with van der Waals surface area (Å²) in [6, 6.07) is 11.6. The molecule has 1 fully saturated rings. The van der Waals surface area contributed by atoms with Crippen LogP contribution in [0.4, 0.5) is 0 Å². The van der Waals surface area contributed by atoms with Gasteiger partial charge in [0.2, 0.25) is 10.0 Å². The van der Waals surface area contributed by atoms with Gasteiger partial charge >= 0.3 is 0 Å². The van der Waals surface area contributed by atoms with Crippen LogP contribution < -0.4 is 4.74 Å². The summed E-state index contributed by atoms with van der Waals surface area (Å²) in [5.41, 5.74) is 4.45. The summed E-state index contributed by atoms with van der Waals surface area (Å²) in [7, 11) is -1.75. The zero-order chi connectivity index (χ0) is 19.6. The van der Waals surface area contributed by atoms with Crippen molar-refractivity contribution in [1.29, 1.82) is 0 Å². The smallest absolute Gasteiger partial charge is 0.243 e. The van der Waals surface area contributed by atoms with Gasteiger partial charge in [-0.15, -0.1) is 0 Å². The molecule has 0 amide bonds. The molecule has 1 saturated heterocycles. The Morgan fingerprint density at radius 2 is 1.59 bits per heavy atom. The van der Waals surface area contributed by atoms with Crippen molar-refractivity contribution >= 4 is 10.0 Å². The number of hydrogen-bond donors (Lipinski definition) is 0. The molecule has 3 rings (SSSR count). The van der Waals surface area contributed by atoms with Crippen LogP contribution >= 0.6 is 0 Å². The van der Waals surface area contributed by atoms with Crippen LogP contribution in [0.5, 0.6) is 5.75 Å². The Morgan fingerprint density at radius 3 is 2.19 bits per heavy atom. The van der Waals surface area contributed by atoms with E-state index in [-0.39, 0.29) is 0 Å². The molecule has 0 spiro atoms. The summed E-state index contributed by atoms with van der Waals surface area (Å²) < 4.78 is 32.8. The molecule has 0 aliphatic carbocycles. The SMILES string of the molecule is COc1ccc(CN2CCN(S(=O)(=O)c3ccc(C)c(C)c3)CC2)cc1C. The van der Waals surface area contributed by atoms with Gasteiger partial charge in [-0.1, -0.05) is 18.2 Å². The number of ether oxygens (including phenoxy) is 1. The number of methoxy groups -OCH3 is 1. The fourth-order valence-corrected chi connectivity index (χ4v) is 4.96. The van der Waals surface area contributed by atoms with Gasteiger partial charge in [-0.25, -0.2) is 8.42 Å². The average molecular weight is 389 g/mol. The van der Waals surface area contributed by atoms with Crippen molar-refractivity contribution in [2.75, 3.05) is 33.3 Å². The summed E-state index contributed by atoms with van der Waals surface area (Å²) in [5, 5.41) is 0. The van der Waals surface area contributed by atoms with Gasteiger partial charge in [0.05, 0.1) is 12.0 Å². The third kappa shape index (κ3) is 4.34. The second-order valence-electron chi connectivity index (χ2n) is 7.23. The van der Waals surface area contributed by atoms with E-state index in [1.54, 1.807) is 23.5 Å². The Kier molecular flexibility index (Phi) is 5.89. The van der Waals surface area contributed by atoms with Gasteiger partial charge in [0.25, 0.3) is 0 Å². The van der Waals surface area contributed by atoms with E-state index >= 15 is 0 Å². The minimum absolute atomic E-state index is 0.393. The van der Waals surface area contributed by atoms with E-state index in [0.717, 1.165) is 42.1 Å². The molecule has 1 aliphatic heterocycles. The molecule has 1 aliphatic rings. The zero-order valence-electron chi connectivity index (χ0n) is 16.5. The maximum atomic E-state index is 12.9. The Hall–Kier alpha value is -1.89. The lowest BCUT2D eigenvalue weighted by atomic mass is 10.1. The molecule has 0 N–H and O–H groups in total. The maximum Gasteiger partial charge on any atom is 0.243 e. The van der Waals surface area contributed by atoms with E-state index in [1.807, 2.05) is 32.9 Å². The lowest BCUT2D eigenvalue weighted by molar-refractivity contribution is 0.181. The fraction of sp³-hybridized carbons (Fsp3) is 0.429. The topological polar surface area (TPSA) is 49.9 Å². The number of hydrogen-bond acceptors (Lipinski definition) is 4. The molecular weight excluding hydrogens is 360 g/mol. The van der Waals surface area contributed by atoms with Gasteiger partial charge in [-0.2, -0.15) is 4.31 Å². The van der Waals surface area contributed by atoms with E-state index in [4.69, 9.17) is 4.74 Å². The van der Waals surface area contributed by atoms with Crippen LogP contribution in [-0.4, -0.2) is 50.9 Å². The van der Waals surface area contributed by atoms with E-state index in [9.17, 15) is 8.42 Å². The van der Waals surface area contributed by atoms with Crippen LogP contribution in [-0.2, 0) is 16.6 Å². The molecule has 0 bridgehead atoms. The van der Waals surface area contributed by atoms with Gasteiger partial charge in [-0.3, -0.25) is 4.90 Å². The van der Waals surface area contributed by atoms with Crippen LogP contribution in [0.2, 0.25) is 0 Å². The highest BCUT2D eigenvalue weighted by molar-refractivity contribution is 7.89. The molecule has 27 heavy (non-hydrogen) atoms. The molecule has 5 nitrogen and oxygen atoms in total. The Balaban J connectivity index is 1.64. The van der Waals surface area contributed by atoms with Crippen molar-refractivity contribution in [3.05, 3.63) is 58.7 Å². The molecule has 0 radical (unpaired) electrons. The second-order valence-corrected chi connectivity index (χ2v) is 9.17. The molecule has 1 heterocycles. The first-order valence-corrected chi connectivity index (χ1v) is 10.7. The van der Waals surface area contributed by atoms with E-state index in [0.29, 0.717) is 18.0 Å². The van der Waals surface area contributed by atoms with Crippen LogP contribution in [0.3, 0.4) is 0 Å². The third-order valence-electron chi connectivity index (χ3n) is 5.31. The minimum atomic E-state index is -3.42. The number of benzene rings is 2. The average Bonchev–Trinajstić information content (AvgIpc) is 2.64. The van der Waals surface area contributed by atoms with Crippen molar-refractivity contribution in [2.45, 2.75) is 32.2 Å². The minimum Gasteiger partial charge on any atom is -0.496 e. The van der Waals surface area contributed by atoms with Crippen LogP contribution in [0.1, 0.15) is 22.3 Å². The molecule has 146 valence electrons. The second kappa shape index (κ2) is 8.00. The molecule has 0 unspecified atom stereocenters. The monoisotopic (exact) mass is 388 g/mol. The summed E-state index contributed by atoms with van der Waals surface area (Å²) in [4.78, 5) is 2.69. The summed E-state index contributed by atoms with van der Waals surface area (Å²) >= 11 is 0. The van der Waals surface area contributed by atoms with Crippen LogP contribution in [0.25, 0.3) is 0 Å². The lowest BCUT2D eigenvalue weighted by Crippen LogP contribution is -2.48. The molecule has 0 aromatic heterocycles. The molecule has 6 heteroatoms. The summed E-state index contributed by atoms with van der Waals surface area (Å²) in [5.74, 6) is 0.892. The van der Waals surface area contributed by atoms with Gasteiger partial charge in [-0.05, 0) is 61.2 Å². The third-order valence-corrected chi connectivity index (χ3v) is 7.21. The van der Waals surface area contributed by atoms with Crippen molar-refractivity contribution in [3.63, 3.8) is 0 Å². The Bertz CT molecular complexity index is 917. The first-order chi connectivity index (χ1) is 12.8. The number of rotatable bonds is 5. The van der Waals surface area contributed by atoms with Gasteiger partial charge in [0.15, 0.2) is 0 Å². The highest BCUT2D eigenvalue weighted by atomic mass is 32.2. The number of nitrogens with zero attached hydrogens (tertiary/aromatic N) is 2. The van der Waals surface area contributed by atoms with Crippen molar-refractivity contribution in [3.8, 4) is 5.75 Å². The van der Waals surface area contributed by atoms with Crippen LogP contribution in [0, 0.1) is 20.8 Å². The van der Waals surface area contributed by atoms with E-state index in [2.05, 4.69) is 17.0 Å². The quantitative estimate of drug-likeness (QED) is 0.790. The van der Waals surface area contributed by atoms with Crippen molar-refractivity contribution in [2.24, 2.45) is 0 Å². The normalized spacial score (nSPS) is 16.4. The number of piperazine rings is 1. The predicted molar refractivity (Wildman–Crippen MR) is 108 cm³/mol. The maximum absolute atomic E-state index is 12.9. The molecule has 2 aromatic carbocycles. The molecule has 0 atom stereocenters. The Morgan fingerprint density at radius 1 is 0.889 bits per heavy atom. The first kappa shape index (κ1) is 19.9. The van der Waals surface area contributed by atoms with Crippen molar-refractivity contribution < 1.29 is 13.2 Å². The molecule has 2 aromatic rings. The number of aryl methyl sites for hydroxylation is 3. The number of sulfonamides is 1. The largest absolute Gasteiger partial charge is 0.496 e. The molecule has 0 saturated carbocycles. The van der Waals surface area contributed by atoms with Crippen molar-refractivity contribution in [1.82, 2.24) is 9.21 Å². The van der Waals surface area contributed by atoms with Crippen LogP contribution in [0.15, 0.2) is 41.3 Å². The zero-order valence-corrected chi connectivity index (χ0v) is 17.3. The highest BCUT2D eigenvalue weighted by Crippen LogP contribution is 2.22. The lowest BCUT2D eigenvalue weighted by Gasteiger charge is -2.34. The van der Waals surface area contributed by atoms with E-state index in [1.165, 1.54) is 5.56 Å². The highest BCUT2D eigenvalue weighted by Gasteiger charge is 2.28. The molecular formula is C21H28N2O3S. The van der Waals surface area contributed by atoms with E-state index < -0.39 is 10.0 Å². The van der Waals surface area contributed by atoms with Gasteiger partial charge in [0.1, 0.15) is 5.75 Å². The first-order valence-electron chi connectivity index (χ1n) is 9.24. The van der Waals surface area contributed by atoms with Gasteiger partial charge < -0.3 is 4.74 Å². The van der Waals surface area contributed by atoms with Gasteiger partial charge in [0, 0.05) is 32.7 Å². The fourth-order valence-electron chi connectivity index (χ4n) is 3.45. The predicted octanol–water partition coefficient (Wildman–Crippen LogP) is 3.13. The summed E-state index contributed by atoms with van der Waals surface area (Å²) in [6.45, 7) is 9.30.